The van der Waals surface area contributed by atoms with Crippen molar-refractivity contribution in [1.82, 2.24) is 29.9 Å². The number of aromatic nitrogens is 5. The van der Waals surface area contributed by atoms with E-state index in [-0.39, 0.29) is 5.91 Å². The molecule has 0 aliphatic heterocycles. The summed E-state index contributed by atoms with van der Waals surface area (Å²) in [4.78, 5) is 16.3. The molecule has 0 fully saturated rings. The highest BCUT2D eigenvalue weighted by Gasteiger charge is 2.12. The van der Waals surface area contributed by atoms with Crippen LogP contribution in [0.15, 0.2) is 61.1 Å². The normalized spacial score (nSPS) is 11.0. The number of pyridine rings is 1. The molecular weight excluding hydrogens is 400 g/mol. The lowest BCUT2D eigenvalue weighted by Gasteiger charge is -2.08. The van der Waals surface area contributed by atoms with E-state index in [1.165, 1.54) is 0 Å². The predicted octanol–water partition coefficient (Wildman–Crippen LogP) is 4.06. The summed E-state index contributed by atoms with van der Waals surface area (Å²) >= 11 is 0. The summed E-state index contributed by atoms with van der Waals surface area (Å²) in [5, 5.41) is 12.1. The molecule has 1 aromatic carbocycles. The lowest BCUT2D eigenvalue weighted by molar-refractivity contribution is -0.121. The summed E-state index contributed by atoms with van der Waals surface area (Å²) in [6.07, 6.45) is 6.85. The number of aryl methyl sites for hydroxylation is 4. The van der Waals surface area contributed by atoms with E-state index in [2.05, 4.69) is 38.7 Å². The number of carbonyl (C=O) groups is 1. The van der Waals surface area contributed by atoms with Crippen LogP contribution in [0.3, 0.4) is 0 Å². The zero-order valence-electron chi connectivity index (χ0n) is 18.7. The van der Waals surface area contributed by atoms with Gasteiger partial charge in [0.2, 0.25) is 5.91 Å². The third kappa shape index (κ3) is 5.11. The third-order valence-electron chi connectivity index (χ3n) is 5.41. The van der Waals surface area contributed by atoms with Crippen LogP contribution in [0.4, 0.5) is 0 Å². The van der Waals surface area contributed by atoms with E-state index in [1.807, 2.05) is 60.7 Å². The second kappa shape index (κ2) is 9.60. The minimum absolute atomic E-state index is 0.0558. The molecular formula is C25H28N6O. The standard InChI is InChI=1S/C25H28N6O/c1-18-15-19(2)31(28-18)14-4-5-24(32)27-16-20-6-8-22(9-7-20)25-23(17-30(3)29-25)21-10-12-26-13-11-21/h6-13,15,17H,4-5,14,16H2,1-3H3,(H,27,32). The summed E-state index contributed by atoms with van der Waals surface area (Å²) < 4.78 is 3.78. The van der Waals surface area contributed by atoms with Crippen LogP contribution in [0.25, 0.3) is 22.4 Å². The van der Waals surface area contributed by atoms with Gasteiger partial charge in [-0.2, -0.15) is 10.2 Å². The Morgan fingerprint density at radius 1 is 1.00 bits per heavy atom. The fourth-order valence-electron chi connectivity index (χ4n) is 3.80. The van der Waals surface area contributed by atoms with Crippen molar-refractivity contribution >= 4 is 5.91 Å². The number of hydrogen-bond donors (Lipinski definition) is 1. The van der Waals surface area contributed by atoms with Crippen LogP contribution >= 0.6 is 0 Å². The van der Waals surface area contributed by atoms with Gasteiger partial charge in [-0.1, -0.05) is 24.3 Å². The largest absolute Gasteiger partial charge is 0.352 e. The zero-order chi connectivity index (χ0) is 22.5. The van der Waals surface area contributed by atoms with Gasteiger partial charge in [-0.25, -0.2) is 0 Å². The van der Waals surface area contributed by atoms with Gasteiger partial charge < -0.3 is 5.32 Å². The Bertz CT molecular complexity index is 1190. The molecule has 0 bridgehead atoms. The van der Waals surface area contributed by atoms with Gasteiger partial charge in [-0.15, -0.1) is 0 Å². The number of hydrogen-bond acceptors (Lipinski definition) is 4. The summed E-state index contributed by atoms with van der Waals surface area (Å²) in [5.74, 6) is 0.0558. The molecule has 4 rings (SSSR count). The smallest absolute Gasteiger partial charge is 0.220 e. The fourth-order valence-corrected chi connectivity index (χ4v) is 3.80. The van der Waals surface area contributed by atoms with Crippen LogP contribution in [0.5, 0.6) is 0 Å². The van der Waals surface area contributed by atoms with E-state index in [9.17, 15) is 4.79 Å². The van der Waals surface area contributed by atoms with Crippen LogP contribution in [-0.4, -0.2) is 30.5 Å². The molecule has 1 N–H and O–H groups in total. The van der Waals surface area contributed by atoms with Gasteiger partial charge in [0.1, 0.15) is 5.69 Å². The van der Waals surface area contributed by atoms with E-state index in [1.54, 1.807) is 12.4 Å². The molecule has 0 aliphatic rings. The first kappa shape index (κ1) is 21.5. The molecule has 0 radical (unpaired) electrons. The molecule has 0 spiro atoms. The van der Waals surface area contributed by atoms with Gasteiger partial charge in [0, 0.05) is 62.0 Å². The van der Waals surface area contributed by atoms with Gasteiger partial charge >= 0.3 is 0 Å². The van der Waals surface area contributed by atoms with Crippen LogP contribution in [0.1, 0.15) is 29.8 Å². The van der Waals surface area contributed by atoms with Gasteiger partial charge in [-0.05, 0) is 49.6 Å². The lowest BCUT2D eigenvalue weighted by atomic mass is 10.0. The quantitative estimate of drug-likeness (QED) is 0.459. The van der Waals surface area contributed by atoms with Crippen LogP contribution in [0.2, 0.25) is 0 Å². The Labute approximate surface area is 188 Å². The fraction of sp³-hybridized carbons (Fsp3) is 0.280. The van der Waals surface area contributed by atoms with Crippen molar-refractivity contribution in [2.45, 2.75) is 39.8 Å². The minimum Gasteiger partial charge on any atom is -0.352 e. The molecule has 0 unspecified atom stereocenters. The maximum atomic E-state index is 12.2. The minimum atomic E-state index is 0.0558. The molecule has 7 heteroatoms. The number of nitrogens with zero attached hydrogens (tertiary/aromatic N) is 5. The molecule has 1 amide bonds. The average Bonchev–Trinajstić information content (AvgIpc) is 3.34. The van der Waals surface area contributed by atoms with Crippen molar-refractivity contribution in [3.8, 4) is 22.4 Å². The number of amides is 1. The predicted molar refractivity (Wildman–Crippen MR) is 125 cm³/mol. The van der Waals surface area contributed by atoms with Crippen molar-refractivity contribution in [3.05, 3.63) is 78.0 Å². The molecule has 7 nitrogen and oxygen atoms in total. The summed E-state index contributed by atoms with van der Waals surface area (Å²) in [5.41, 5.74) is 7.31. The van der Waals surface area contributed by atoms with E-state index >= 15 is 0 Å². The summed E-state index contributed by atoms with van der Waals surface area (Å²) in [6, 6.07) is 14.2. The van der Waals surface area contributed by atoms with E-state index in [0.29, 0.717) is 13.0 Å². The highest BCUT2D eigenvalue weighted by molar-refractivity contribution is 5.80. The Morgan fingerprint density at radius 2 is 1.75 bits per heavy atom. The Morgan fingerprint density at radius 3 is 2.44 bits per heavy atom. The van der Waals surface area contributed by atoms with Crippen molar-refractivity contribution in [1.29, 1.82) is 0 Å². The molecule has 164 valence electrons. The molecule has 0 saturated carbocycles. The van der Waals surface area contributed by atoms with Gasteiger partial charge in [0.25, 0.3) is 0 Å². The van der Waals surface area contributed by atoms with Crippen LogP contribution in [0, 0.1) is 13.8 Å². The molecule has 0 saturated heterocycles. The van der Waals surface area contributed by atoms with Gasteiger partial charge in [0.15, 0.2) is 0 Å². The number of benzene rings is 1. The maximum absolute atomic E-state index is 12.2. The number of nitrogens with one attached hydrogen (secondary N) is 1. The lowest BCUT2D eigenvalue weighted by Crippen LogP contribution is -2.22. The summed E-state index contributed by atoms with van der Waals surface area (Å²) in [7, 11) is 1.92. The van der Waals surface area contributed by atoms with E-state index in [0.717, 1.165) is 52.3 Å². The van der Waals surface area contributed by atoms with E-state index in [4.69, 9.17) is 0 Å². The second-order valence-electron chi connectivity index (χ2n) is 8.03. The molecule has 3 aromatic heterocycles. The van der Waals surface area contributed by atoms with Crippen molar-refractivity contribution in [2.75, 3.05) is 0 Å². The summed E-state index contributed by atoms with van der Waals surface area (Å²) in [6.45, 7) is 5.29. The third-order valence-corrected chi connectivity index (χ3v) is 5.41. The monoisotopic (exact) mass is 428 g/mol. The van der Waals surface area contributed by atoms with Crippen molar-refractivity contribution in [3.63, 3.8) is 0 Å². The van der Waals surface area contributed by atoms with Crippen LogP contribution < -0.4 is 5.32 Å². The SMILES string of the molecule is Cc1cc(C)n(CCCC(=O)NCc2ccc(-c3nn(C)cc3-c3ccncc3)cc2)n1. The zero-order valence-corrected chi connectivity index (χ0v) is 18.7. The first-order chi connectivity index (χ1) is 15.5. The van der Waals surface area contributed by atoms with Crippen LogP contribution in [-0.2, 0) is 24.9 Å². The highest BCUT2D eigenvalue weighted by atomic mass is 16.1. The Kier molecular flexibility index (Phi) is 6.44. The first-order valence-corrected chi connectivity index (χ1v) is 10.8. The second-order valence-corrected chi connectivity index (χ2v) is 8.03. The molecule has 0 aliphatic carbocycles. The first-order valence-electron chi connectivity index (χ1n) is 10.8. The highest BCUT2D eigenvalue weighted by Crippen LogP contribution is 2.30. The van der Waals surface area contributed by atoms with Gasteiger partial charge in [-0.3, -0.25) is 19.1 Å². The number of rotatable bonds is 8. The molecule has 32 heavy (non-hydrogen) atoms. The van der Waals surface area contributed by atoms with Gasteiger partial charge in [0.05, 0.1) is 5.69 Å². The molecule has 3 heterocycles. The van der Waals surface area contributed by atoms with Crippen molar-refractivity contribution < 1.29 is 4.79 Å². The number of carbonyl (C=O) groups excluding carboxylic acids is 1. The van der Waals surface area contributed by atoms with E-state index < -0.39 is 0 Å². The molecule has 4 aromatic rings. The Balaban J connectivity index is 1.33. The molecule has 0 atom stereocenters. The maximum Gasteiger partial charge on any atom is 0.220 e. The average molecular weight is 429 g/mol. The Hall–Kier alpha value is -3.74. The topological polar surface area (TPSA) is 77.6 Å². The van der Waals surface area contributed by atoms with Crippen molar-refractivity contribution in [2.24, 2.45) is 7.05 Å².